The van der Waals surface area contributed by atoms with Gasteiger partial charge in [-0.25, -0.2) is 15.0 Å². The highest BCUT2D eigenvalue weighted by atomic mass is 14.9. The van der Waals surface area contributed by atoms with E-state index < -0.39 is 0 Å². The Morgan fingerprint density at radius 1 is 0.328 bits per heavy atom. The van der Waals surface area contributed by atoms with Crippen molar-refractivity contribution in [2.24, 2.45) is 0 Å². The lowest BCUT2D eigenvalue weighted by Crippen LogP contribution is -1.96. The summed E-state index contributed by atoms with van der Waals surface area (Å²) in [5.74, 6) is 0.675. The number of benzene rings is 7. The number of fused-ring (bicyclic) bond motifs is 4. The van der Waals surface area contributed by atoms with Crippen LogP contribution >= 0.6 is 0 Å². The van der Waals surface area contributed by atoms with Gasteiger partial charge >= 0.3 is 0 Å². The first-order chi connectivity index (χ1) is 30.1. The van der Waals surface area contributed by atoms with Crippen LogP contribution in [0.4, 0.5) is 0 Å². The molecule has 0 saturated heterocycles. The third-order valence-corrected chi connectivity index (χ3v) is 11.5. The van der Waals surface area contributed by atoms with Crippen LogP contribution in [0.5, 0.6) is 0 Å². The molecular formula is C56H37N5. The van der Waals surface area contributed by atoms with Gasteiger partial charge in [-0.05, 0) is 76.0 Å². The number of nitrogens with zero attached hydrogens (tertiary/aromatic N) is 5. The van der Waals surface area contributed by atoms with E-state index in [4.69, 9.17) is 19.9 Å². The Morgan fingerprint density at radius 2 is 0.951 bits per heavy atom. The molecule has 0 unspecified atom stereocenters. The number of aryl methyl sites for hydroxylation is 1. The molecule has 0 spiro atoms. The molecule has 0 saturated carbocycles. The fraction of sp³-hybridized carbons (Fsp3) is 0.0179. The SMILES string of the molecule is Cc1cc(-c2ccccc2)c2ccc3ccc(-c4ccc(-c5ccc(-c6nc(-c7ccccc7)cc(-c7cccc(-c8cccc9ccncc89)c7)n6)cc5)cc4)nc3c2n1. The summed E-state index contributed by atoms with van der Waals surface area (Å²) in [5.41, 5.74) is 16.3. The molecule has 4 heterocycles. The van der Waals surface area contributed by atoms with E-state index in [0.717, 1.165) is 99.9 Å². The molecule has 11 rings (SSSR count). The van der Waals surface area contributed by atoms with Crippen molar-refractivity contribution in [2.75, 3.05) is 0 Å². The first kappa shape index (κ1) is 36.0. The summed E-state index contributed by atoms with van der Waals surface area (Å²) in [7, 11) is 0. The zero-order chi connectivity index (χ0) is 40.7. The van der Waals surface area contributed by atoms with E-state index in [0.29, 0.717) is 5.82 Å². The molecule has 0 bridgehead atoms. The van der Waals surface area contributed by atoms with Crippen molar-refractivity contribution in [3.63, 3.8) is 0 Å². The topological polar surface area (TPSA) is 64.5 Å². The molecule has 0 aliphatic carbocycles. The van der Waals surface area contributed by atoms with E-state index in [-0.39, 0.29) is 0 Å². The Labute approximate surface area is 353 Å². The second-order valence-corrected chi connectivity index (χ2v) is 15.4. The number of aromatic nitrogens is 5. The van der Waals surface area contributed by atoms with Crippen LogP contribution in [0.15, 0.2) is 207 Å². The summed E-state index contributed by atoms with van der Waals surface area (Å²) >= 11 is 0. The third-order valence-electron chi connectivity index (χ3n) is 11.5. The van der Waals surface area contributed by atoms with Gasteiger partial charge in [-0.1, -0.05) is 164 Å². The minimum atomic E-state index is 0.675. The Kier molecular flexibility index (Phi) is 8.98. The molecule has 286 valence electrons. The van der Waals surface area contributed by atoms with Crippen LogP contribution in [-0.2, 0) is 0 Å². The van der Waals surface area contributed by atoms with Crippen molar-refractivity contribution < 1.29 is 0 Å². The average Bonchev–Trinajstić information content (AvgIpc) is 3.34. The molecule has 0 radical (unpaired) electrons. The zero-order valence-corrected chi connectivity index (χ0v) is 33.4. The van der Waals surface area contributed by atoms with Crippen LogP contribution < -0.4 is 0 Å². The van der Waals surface area contributed by atoms with Crippen LogP contribution in [0.25, 0.3) is 111 Å². The molecule has 7 aromatic carbocycles. The van der Waals surface area contributed by atoms with Gasteiger partial charge in [0.2, 0.25) is 0 Å². The fourth-order valence-electron chi connectivity index (χ4n) is 8.35. The van der Waals surface area contributed by atoms with Crippen molar-refractivity contribution in [3.05, 3.63) is 212 Å². The summed E-state index contributed by atoms with van der Waals surface area (Å²) in [6.07, 6.45) is 3.78. The van der Waals surface area contributed by atoms with Crippen LogP contribution in [0, 0.1) is 6.92 Å². The predicted octanol–water partition coefficient (Wildman–Crippen LogP) is 14.1. The zero-order valence-electron chi connectivity index (χ0n) is 33.4. The molecule has 0 atom stereocenters. The Bertz CT molecular complexity index is 3390. The van der Waals surface area contributed by atoms with Crippen LogP contribution in [0.2, 0.25) is 0 Å². The van der Waals surface area contributed by atoms with E-state index in [1.807, 2.05) is 36.7 Å². The van der Waals surface area contributed by atoms with Gasteiger partial charge in [-0.15, -0.1) is 0 Å². The minimum Gasteiger partial charge on any atom is -0.264 e. The first-order valence-electron chi connectivity index (χ1n) is 20.5. The Hall–Kier alpha value is -8.15. The van der Waals surface area contributed by atoms with Crippen molar-refractivity contribution in [1.82, 2.24) is 24.9 Å². The average molecular weight is 780 g/mol. The number of pyridine rings is 3. The maximum absolute atomic E-state index is 5.21. The molecule has 5 nitrogen and oxygen atoms in total. The number of hydrogen-bond donors (Lipinski definition) is 0. The number of rotatable bonds is 7. The second kappa shape index (κ2) is 15.2. The lowest BCUT2D eigenvalue weighted by Gasteiger charge is -2.12. The number of hydrogen-bond acceptors (Lipinski definition) is 5. The predicted molar refractivity (Wildman–Crippen MR) is 251 cm³/mol. The molecule has 0 fully saturated rings. The summed E-state index contributed by atoms with van der Waals surface area (Å²) < 4.78 is 0. The van der Waals surface area contributed by atoms with Gasteiger partial charge in [-0.2, -0.15) is 0 Å². The van der Waals surface area contributed by atoms with Crippen LogP contribution in [-0.4, -0.2) is 24.9 Å². The standard InChI is InChI=1S/C56H37N5/c1-36-32-49(39-10-4-2-5-11-39)48-28-26-43-27-29-51(59-54(43)55(48)58-36)42-22-18-37(19-23-42)38-20-24-44(25-21-38)56-60-52(41-12-6-3-7-13-41)34-53(61-56)46-16-8-15-45(33-46)47-17-9-14-40-30-31-57-35-50(40)47/h2-35H,1H3. The molecule has 4 aromatic heterocycles. The van der Waals surface area contributed by atoms with Crippen molar-refractivity contribution in [2.45, 2.75) is 6.92 Å². The van der Waals surface area contributed by atoms with Crippen LogP contribution in [0.3, 0.4) is 0 Å². The van der Waals surface area contributed by atoms with Gasteiger partial charge in [0.1, 0.15) is 0 Å². The van der Waals surface area contributed by atoms with Gasteiger partial charge in [0.15, 0.2) is 5.82 Å². The first-order valence-corrected chi connectivity index (χ1v) is 20.5. The van der Waals surface area contributed by atoms with E-state index >= 15 is 0 Å². The quantitative estimate of drug-likeness (QED) is 0.151. The highest BCUT2D eigenvalue weighted by molar-refractivity contribution is 6.08. The van der Waals surface area contributed by atoms with E-state index in [1.54, 1.807) is 0 Å². The minimum absolute atomic E-state index is 0.675. The van der Waals surface area contributed by atoms with Gasteiger partial charge in [0.25, 0.3) is 0 Å². The van der Waals surface area contributed by atoms with Gasteiger partial charge in [0, 0.05) is 56.5 Å². The van der Waals surface area contributed by atoms with Crippen molar-refractivity contribution in [3.8, 4) is 78.5 Å². The third kappa shape index (κ3) is 6.88. The summed E-state index contributed by atoms with van der Waals surface area (Å²) in [5, 5.41) is 4.46. The monoisotopic (exact) mass is 779 g/mol. The maximum atomic E-state index is 5.21. The van der Waals surface area contributed by atoms with Crippen molar-refractivity contribution in [1.29, 1.82) is 0 Å². The Balaban J connectivity index is 0.913. The van der Waals surface area contributed by atoms with Gasteiger partial charge in [-0.3, -0.25) is 9.97 Å². The molecule has 0 aliphatic heterocycles. The molecule has 61 heavy (non-hydrogen) atoms. The maximum Gasteiger partial charge on any atom is 0.160 e. The lowest BCUT2D eigenvalue weighted by molar-refractivity contribution is 1.18. The van der Waals surface area contributed by atoms with Gasteiger partial charge in [0.05, 0.1) is 28.1 Å². The lowest BCUT2D eigenvalue weighted by atomic mass is 9.97. The largest absolute Gasteiger partial charge is 0.264 e. The summed E-state index contributed by atoms with van der Waals surface area (Å²) in [6, 6.07) is 67.8. The fourth-order valence-corrected chi connectivity index (χ4v) is 8.35. The van der Waals surface area contributed by atoms with E-state index in [1.165, 1.54) is 11.1 Å². The highest BCUT2D eigenvalue weighted by Gasteiger charge is 2.15. The normalized spacial score (nSPS) is 11.4. The molecule has 0 aliphatic rings. The van der Waals surface area contributed by atoms with Crippen LogP contribution in [0.1, 0.15) is 5.69 Å². The molecule has 5 heteroatoms. The van der Waals surface area contributed by atoms with Crippen molar-refractivity contribution >= 4 is 32.6 Å². The smallest absolute Gasteiger partial charge is 0.160 e. The summed E-state index contributed by atoms with van der Waals surface area (Å²) in [6.45, 7) is 2.05. The molecule has 11 aromatic rings. The molecule has 0 amide bonds. The van der Waals surface area contributed by atoms with E-state index in [9.17, 15) is 0 Å². The Morgan fingerprint density at radius 3 is 1.72 bits per heavy atom. The van der Waals surface area contributed by atoms with E-state index in [2.05, 4.69) is 182 Å². The second-order valence-electron chi connectivity index (χ2n) is 15.4. The van der Waals surface area contributed by atoms with Gasteiger partial charge < -0.3 is 0 Å². The highest BCUT2D eigenvalue weighted by Crippen LogP contribution is 2.36. The molecular weight excluding hydrogens is 743 g/mol. The summed E-state index contributed by atoms with van der Waals surface area (Å²) in [4.78, 5) is 24.9. The molecule has 0 N–H and O–H groups in total.